The van der Waals surface area contributed by atoms with Crippen LogP contribution in [0, 0.1) is 20.8 Å². The average molecular weight is 356 g/mol. The average Bonchev–Trinajstić information content (AvgIpc) is 3.17. The van der Waals surface area contributed by atoms with Crippen LogP contribution in [-0.4, -0.2) is 46.3 Å². The number of aromatic nitrogens is 2. The molecule has 0 N–H and O–H groups in total. The van der Waals surface area contributed by atoms with Gasteiger partial charge in [0.25, 0.3) is 11.9 Å². The van der Waals surface area contributed by atoms with Crippen LogP contribution in [0.4, 0.5) is 6.01 Å². The second kappa shape index (κ2) is 6.15. The van der Waals surface area contributed by atoms with Crippen LogP contribution >= 0.6 is 11.5 Å². The summed E-state index contributed by atoms with van der Waals surface area (Å²) in [6.07, 6.45) is 0. The molecule has 6 nitrogen and oxygen atoms in total. The highest BCUT2D eigenvalue weighted by Gasteiger charge is 2.27. The minimum atomic E-state index is 0.0802. The molecule has 25 heavy (non-hydrogen) atoms. The lowest BCUT2D eigenvalue weighted by molar-refractivity contribution is 0.0744. The lowest BCUT2D eigenvalue weighted by Crippen LogP contribution is -2.49. The van der Waals surface area contributed by atoms with Crippen LogP contribution in [0.3, 0.4) is 0 Å². The molecule has 0 bridgehead atoms. The molecule has 0 unspecified atom stereocenters. The Morgan fingerprint density at radius 3 is 2.60 bits per heavy atom. The number of aryl methyl sites for hydroxylation is 3. The second-order valence-electron chi connectivity index (χ2n) is 6.45. The molecule has 0 aliphatic carbocycles. The standard InChI is InChI=1S/C18H20N4O2S/c1-11-4-5-15-14(10-11)19-18(24-15)22-8-6-21(7-9-22)17(23)16-12(2)20-25-13(16)3/h4-5,10H,6-9H2,1-3H3. The first-order valence-corrected chi connectivity index (χ1v) is 9.14. The maximum Gasteiger partial charge on any atom is 0.298 e. The molecule has 7 heteroatoms. The van der Waals surface area contributed by atoms with E-state index in [1.165, 1.54) is 11.5 Å². The van der Waals surface area contributed by atoms with E-state index in [0.29, 0.717) is 32.2 Å². The number of fused-ring (bicyclic) bond motifs is 1. The minimum Gasteiger partial charge on any atom is -0.423 e. The summed E-state index contributed by atoms with van der Waals surface area (Å²) in [5.41, 5.74) is 4.43. The fourth-order valence-electron chi connectivity index (χ4n) is 3.21. The molecule has 1 aromatic carbocycles. The van der Waals surface area contributed by atoms with Gasteiger partial charge in [-0.15, -0.1) is 0 Å². The van der Waals surface area contributed by atoms with E-state index in [1.807, 2.05) is 43.9 Å². The third-order valence-corrected chi connectivity index (χ3v) is 5.46. The van der Waals surface area contributed by atoms with Crippen molar-refractivity contribution in [1.82, 2.24) is 14.3 Å². The van der Waals surface area contributed by atoms with E-state index < -0.39 is 0 Å². The Bertz CT molecular complexity index is 918. The highest BCUT2D eigenvalue weighted by Crippen LogP contribution is 2.25. The predicted octanol–water partition coefficient (Wildman–Crippen LogP) is 3.17. The van der Waals surface area contributed by atoms with Crippen molar-refractivity contribution >= 4 is 34.6 Å². The van der Waals surface area contributed by atoms with Crippen molar-refractivity contribution in [2.24, 2.45) is 0 Å². The van der Waals surface area contributed by atoms with Crippen LogP contribution in [0.25, 0.3) is 11.1 Å². The van der Waals surface area contributed by atoms with Crippen molar-refractivity contribution < 1.29 is 9.21 Å². The second-order valence-corrected chi connectivity index (χ2v) is 7.42. The summed E-state index contributed by atoms with van der Waals surface area (Å²) >= 11 is 1.39. The van der Waals surface area contributed by atoms with E-state index >= 15 is 0 Å². The van der Waals surface area contributed by atoms with E-state index in [0.717, 1.165) is 32.8 Å². The van der Waals surface area contributed by atoms with Gasteiger partial charge < -0.3 is 14.2 Å². The number of rotatable bonds is 2. The summed E-state index contributed by atoms with van der Waals surface area (Å²) in [5, 5.41) is 0. The van der Waals surface area contributed by atoms with Crippen molar-refractivity contribution in [3.63, 3.8) is 0 Å². The zero-order valence-corrected chi connectivity index (χ0v) is 15.4. The van der Waals surface area contributed by atoms with Gasteiger partial charge >= 0.3 is 0 Å². The Balaban J connectivity index is 1.48. The van der Waals surface area contributed by atoms with Crippen LogP contribution in [0.15, 0.2) is 22.6 Å². The maximum absolute atomic E-state index is 12.8. The van der Waals surface area contributed by atoms with Crippen LogP contribution < -0.4 is 4.90 Å². The van der Waals surface area contributed by atoms with Crippen LogP contribution in [-0.2, 0) is 0 Å². The smallest absolute Gasteiger partial charge is 0.298 e. The van der Waals surface area contributed by atoms with Gasteiger partial charge in [-0.3, -0.25) is 4.79 Å². The summed E-state index contributed by atoms with van der Waals surface area (Å²) in [6, 6.07) is 6.64. The molecule has 3 heterocycles. The van der Waals surface area contributed by atoms with E-state index in [2.05, 4.69) is 14.3 Å². The zero-order chi connectivity index (χ0) is 17.6. The molecule has 4 rings (SSSR count). The van der Waals surface area contributed by atoms with Gasteiger partial charge in [-0.25, -0.2) is 0 Å². The molecule has 3 aromatic rings. The molecular formula is C18H20N4O2S. The normalized spacial score (nSPS) is 15.2. The highest BCUT2D eigenvalue weighted by molar-refractivity contribution is 7.06. The lowest BCUT2D eigenvalue weighted by atomic mass is 10.1. The van der Waals surface area contributed by atoms with E-state index in [-0.39, 0.29) is 5.91 Å². The summed E-state index contributed by atoms with van der Waals surface area (Å²) in [7, 11) is 0. The maximum atomic E-state index is 12.8. The Kier molecular flexibility index (Phi) is 3.95. The number of oxazole rings is 1. The SMILES string of the molecule is Cc1ccc2oc(N3CCN(C(=O)c4c(C)nsc4C)CC3)nc2c1. The van der Waals surface area contributed by atoms with E-state index in [1.54, 1.807) is 0 Å². The molecule has 0 atom stereocenters. The molecule has 1 fully saturated rings. The number of hydrogen-bond acceptors (Lipinski definition) is 6. The summed E-state index contributed by atoms with van der Waals surface area (Å²) < 4.78 is 10.2. The molecule has 0 spiro atoms. The zero-order valence-electron chi connectivity index (χ0n) is 14.6. The molecule has 1 saturated heterocycles. The molecule has 0 radical (unpaired) electrons. The Labute approximate surface area is 150 Å². The van der Waals surface area contributed by atoms with E-state index in [9.17, 15) is 4.79 Å². The Hall–Kier alpha value is -2.41. The molecule has 1 aliphatic heterocycles. The van der Waals surface area contributed by atoms with Gasteiger partial charge in [-0.1, -0.05) is 6.07 Å². The van der Waals surface area contributed by atoms with Gasteiger partial charge in [0, 0.05) is 31.1 Å². The number of anilines is 1. The third kappa shape index (κ3) is 2.89. The summed E-state index contributed by atoms with van der Waals surface area (Å²) in [6.45, 7) is 8.64. The molecule has 1 aliphatic rings. The third-order valence-electron chi connectivity index (χ3n) is 4.62. The first-order chi connectivity index (χ1) is 12.0. The number of benzene rings is 1. The first kappa shape index (κ1) is 16.1. The van der Waals surface area contributed by atoms with Gasteiger partial charge in [-0.2, -0.15) is 9.36 Å². The number of nitrogens with zero attached hydrogens (tertiary/aromatic N) is 4. The van der Waals surface area contributed by atoms with Gasteiger partial charge in [-0.05, 0) is 50.0 Å². The van der Waals surface area contributed by atoms with Gasteiger partial charge in [0.1, 0.15) is 5.52 Å². The van der Waals surface area contributed by atoms with E-state index in [4.69, 9.17) is 4.42 Å². The number of carbonyl (C=O) groups is 1. The monoisotopic (exact) mass is 356 g/mol. The Morgan fingerprint density at radius 2 is 1.92 bits per heavy atom. The fraction of sp³-hybridized carbons (Fsp3) is 0.389. The fourth-order valence-corrected chi connectivity index (χ4v) is 3.90. The molecule has 1 amide bonds. The quantitative estimate of drug-likeness (QED) is 0.706. The topological polar surface area (TPSA) is 62.5 Å². The van der Waals surface area contributed by atoms with Crippen LogP contribution in [0.1, 0.15) is 26.5 Å². The number of hydrogen-bond donors (Lipinski definition) is 0. The van der Waals surface area contributed by atoms with Crippen molar-refractivity contribution in [3.8, 4) is 0 Å². The molecule has 2 aromatic heterocycles. The number of piperazine rings is 1. The van der Waals surface area contributed by atoms with Gasteiger partial charge in [0.2, 0.25) is 0 Å². The lowest BCUT2D eigenvalue weighted by Gasteiger charge is -2.33. The molecule has 0 saturated carbocycles. The molecular weight excluding hydrogens is 336 g/mol. The van der Waals surface area contributed by atoms with Crippen LogP contribution in [0.2, 0.25) is 0 Å². The highest BCUT2D eigenvalue weighted by atomic mass is 32.1. The summed E-state index contributed by atoms with van der Waals surface area (Å²) in [5.74, 6) is 0.0802. The largest absolute Gasteiger partial charge is 0.423 e. The number of amides is 1. The van der Waals surface area contributed by atoms with Gasteiger partial charge in [0.15, 0.2) is 5.58 Å². The van der Waals surface area contributed by atoms with Crippen molar-refractivity contribution in [2.75, 3.05) is 31.1 Å². The predicted molar refractivity (Wildman–Crippen MR) is 98.5 cm³/mol. The number of carbonyl (C=O) groups excluding carboxylic acids is 1. The summed E-state index contributed by atoms with van der Waals surface area (Å²) in [4.78, 5) is 22.3. The van der Waals surface area contributed by atoms with Gasteiger partial charge in [0.05, 0.1) is 11.3 Å². The van der Waals surface area contributed by atoms with Crippen molar-refractivity contribution in [1.29, 1.82) is 0 Å². The van der Waals surface area contributed by atoms with Crippen LogP contribution in [0.5, 0.6) is 0 Å². The van der Waals surface area contributed by atoms with Crippen molar-refractivity contribution in [2.45, 2.75) is 20.8 Å². The minimum absolute atomic E-state index is 0.0802. The van der Waals surface area contributed by atoms with Crippen molar-refractivity contribution in [3.05, 3.63) is 39.9 Å². The molecule has 130 valence electrons. The Morgan fingerprint density at radius 1 is 1.16 bits per heavy atom. The first-order valence-electron chi connectivity index (χ1n) is 8.37.